The molecule has 0 unspecified atom stereocenters. The fourth-order valence-electron chi connectivity index (χ4n) is 2.22. The van der Waals surface area contributed by atoms with E-state index in [9.17, 15) is 4.79 Å². The summed E-state index contributed by atoms with van der Waals surface area (Å²) in [7, 11) is 0. The Morgan fingerprint density at radius 3 is 2.28 bits per heavy atom. The molecule has 5 nitrogen and oxygen atoms in total. The third kappa shape index (κ3) is 2.47. The molecule has 1 aliphatic heterocycles. The minimum Gasteiger partial charge on any atom is -0.480 e. The summed E-state index contributed by atoms with van der Waals surface area (Å²) in [5.41, 5.74) is 12.5. The number of anilines is 1. The zero-order chi connectivity index (χ0) is 13.2. The number of nitrogens with two attached hydrogens (primary N) is 2. The molecular weight excluding hydrogens is 230 g/mol. The van der Waals surface area contributed by atoms with Gasteiger partial charge in [-0.1, -0.05) is 12.1 Å². The Balaban J connectivity index is 2.03. The average molecular weight is 249 g/mol. The highest BCUT2D eigenvalue weighted by atomic mass is 16.4. The molecule has 98 valence electrons. The Morgan fingerprint density at radius 1 is 1.28 bits per heavy atom. The Labute approximate surface area is 106 Å². The van der Waals surface area contributed by atoms with E-state index in [0.717, 1.165) is 11.3 Å². The van der Waals surface area contributed by atoms with Gasteiger partial charge in [-0.3, -0.25) is 4.79 Å². The Hall–Kier alpha value is -1.59. The highest BCUT2D eigenvalue weighted by Gasteiger charge is 2.37. The molecule has 1 fully saturated rings. The van der Waals surface area contributed by atoms with Crippen LogP contribution >= 0.6 is 0 Å². The van der Waals surface area contributed by atoms with Gasteiger partial charge < -0.3 is 21.5 Å². The van der Waals surface area contributed by atoms with Gasteiger partial charge >= 0.3 is 5.97 Å². The summed E-state index contributed by atoms with van der Waals surface area (Å²) in [5.74, 6) is -0.902. The summed E-state index contributed by atoms with van der Waals surface area (Å²) in [6, 6.07) is 8.03. The highest BCUT2D eigenvalue weighted by molar-refractivity contribution is 5.79. The van der Waals surface area contributed by atoms with Gasteiger partial charge in [0.1, 0.15) is 5.54 Å². The fourth-order valence-corrected chi connectivity index (χ4v) is 2.22. The predicted octanol–water partition coefficient (Wildman–Crippen LogP) is 0.528. The Morgan fingerprint density at radius 2 is 1.83 bits per heavy atom. The summed E-state index contributed by atoms with van der Waals surface area (Å²) in [4.78, 5) is 13.2. The van der Waals surface area contributed by atoms with Gasteiger partial charge in [-0.2, -0.15) is 0 Å². The quantitative estimate of drug-likeness (QED) is 0.726. The average Bonchev–Trinajstić information content (AvgIpc) is 2.40. The van der Waals surface area contributed by atoms with Gasteiger partial charge in [0.25, 0.3) is 0 Å². The molecule has 0 aromatic heterocycles. The number of piperidine rings is 1. The maximum absolute atomic E-state index is 11.0. The molecule has 1 heterocycles. The van der Waals surface area contributed by atoms with Crippen LogP contribution in [0.15, 0.2) is 24.3 Å². The van der Waals surface area contributed by atoms with Gasteiger partial charge in [-0.05, 0) is 30.5 Å². The van der Waals surface area contributed by atoms with E-state index in [1.165, 1.54) is 0 Å². The number of carbonyl (C=O) groups is 1. The lowest BCUT2D eigenvalue weighted by atomic mass is 9.88. The van der Waals surface area contributed by atoms with Crippen molar-refractivity contribution in [2.75, 3.05) is 18.0 Å². The normalized spacial score (nSPS) is 18.7. The van der Waals surface area contributed by atoms with Gasteiger partial charge in [-0.15, -0.1) is 0 Å². The summed E-state index contributed by atoms with van der Waals surface area (Å²) >= 11 is 0. The van der Waals surface area contributed by atoms with Gasteiger partial charge in [0.15, 0.2) is 0 Å². The molecule has 5 heteroatoms. The van der Waals surface area contributed by atoms with Crippen LogP contribution in [0.4, 0.5) is 5.69 Å². The lowest BCUT2D eigenvalue weighted by molar-refractivity contribution is -0.144. The first-order chi connectivity index (χ1) is 8.55. The maximum Gasteiger partial charge on any atom is 0.323 e. The molecule has 0 amide bonds. The van der Waals surface area contributed by atoms with Crippen molar-refractivity contribution < 1.29 is 9.90 Å². The highest BCUT2D eigenvalue weighted by Crippen LogP contribution is 2.25. The lowest BCUT2D eigenvalue weighted by Gasteiger charge is -2.37. The number of aliphatic carboxylic acids is 1. The van der Waals surface area contributed by atoms with Crippen molar-refractivity contribution in [2.24, 2.45) is 11.5 Å². The second-order valence-electron chi connectivity index (χ2n) is 4.82. The summed E-state index contributed by atoms with van der Waals surface area (Å²) in [6.07, 6.45) is 0.946. The zero-order valence-electron chi connectivity index (χ0n) is 10.3. The first-order valence-corrected chi connectivity index (χ1v) is 6.11. The molecule has 0 atom stereocenters. The van der Waals surface area contributed by atoms with E-state index in [4.69, 9.17) is 16.6 Å². The number of benzene rings is 1. The van der Waals surface area contributed by atoms with Crippen molar-refractivity contribution in [3.05, 3.63) is 29.8 Å². The van der Waals surface area contributed by atoms with Crippen molar-refractivity contribution in [3.8, 4) is 0 Å². The minimum absolute atomic E-state index is 0.473. The van der Waals surface area contributed by atoms with Crippen LogP contribution in [-0.2, 0) is 11.3 Å². The topological polar surface area (TPSA) is 92.6 Å². The fraction of sp³-hybridized carbons (Fsp3) is 0.462. The van der Waals surface area contributed by atoms with Crippen molar-refractivity contribution in [1.29, 1.82) is 0 Å². The standard InChI is InChI=1S/C13H19N3O2/c14-9-10-1-3-11(4-2-10)16-7-5-13(15,6-8-16)12(17)18/h1-4H,5-9,14-15H2,(H,17,18). The summed E-state index contributed by atoms with van der Waals surface area (Å²) in [6.45, 7) is 1.88. The first-order valence-electron chi connectivity index (χ1n) is 6.11. The van der Waals surface area contributed by atoms with Crippen molar-refractivity contribution in [3.63, 3.8) is 0 Å². The molecule has 0 aliphatic carbocycles. The molecule has 5 N–H and O–H groups in total. The molecular formula is C13H19N3O2. The number of carboxylic acids is 1. The van der Waals surface area contributed by atoms with Gasteiger partial charge in [0, 0.05) is 25.3 Å². The monoisotopic (exact) mass is 249 g/mol. The lowest BCUT2D eigenvalue weighted by Crippen LogP contribution is -2.55. The third-order valence-corrected chi connectivity index (χ3v) is 3.62. The van der Waals surface area contributed by atoms with Crippen LogP contribution < -0.4 is 16.4 Å². The van der Waals surface area contributed by atoms with Crippen molar-refractivity contribution >= 4 is 11.7 Å². The van der Waals surface area contributed by atoms with Crippen LogP contribution in [0.25, 0.3) is 0 Å². The Kier molecular flexibility index (Phi) is 3.54. The van der Waals surface area contributed by atoms with Crippen LogP contribution in [0, 0.1) is 0 Å². The molecule has 1 aromatic rings. The third-order valence-electron chi connectivity index (χ3n) is 3.62. The summed E-state index contributed by atoms with van der Waals surface area (Å²) in [5, 5.41) is 9.07. The van der Waals surface area contributed by atoms with E-state index in [0.29, 0.717) is 32.5 Å². The summed E-state index contributed by atoms with van der Waals surface area (Å²) < 4.78 is 0. The number of carboxylic acid groups (broad SMARTS) is 1. The van der Waals surface area contributed by atoms with E-state index < -0.39 is 11.5 Å². The molecule has 0 bridgehead atoms. The minimum atomic E-state index is -1.06. The van der Waals surface area contributed by atoms with Crippen molar-refractivity contribution in [2.45, 2.75) is 24.9 Å². The Bertz CT molecular complexity index is 422. The predicted molar refractivity (Wildman–Crippen MR) is 70.3 cm³/mol. The van der Waals surface area contributed by atoms with E-state index in [1.807, 2.05) is 24.3 Å². The molecule has 18 heavy (non-hydrogen) atoms. The SMILES string of the molecule is NCc1ccc(N2CCC(N)(C(=O)O)CC2)cc1. The van der Waals surface area contributed by atoms with Crippen LogP contribution in [0.2, 0.25) is 0 Å². The van der Waals surface area contributed by atoms with E-state index >= 15 is 0 Å². The maximum atomic E-state index is 11.0. The van der Waals surface area contributed by atoms with Gasteiger partial charge in [-0.25, -0.2) is 0 Å². The van der Waals surface area contributed by atoms with Crippen LogP contribution in [0.3, 0.4) is 0 Å². The number of nitrogens with zero attached hydrogens (tertiary/aromatic N) is 1. The zero-order valence-corrected chi connectivity index (χ0v) is 10.3. The molecule has 0 radical (unpaired) electrons. The molecule has 0 spiro atoms. The number of hydrogen-bond acceptors (Lipinski definition) is 4. The van der Waals surface area contributed by atoms with Crippen LogP contribution in [0.5, 0.6) is 0 Å². The second kappa shape index (κ2) is 4.96. The molecule has 0 saturated carbocycles. The van der Waals surface area contributed by atoms with E-state index in [2.05, 4.69) is 4.90 Å². The van der Waals surface area contributed by atoms with Gasteiger partial charge in [0.2, 0.25) is 0 Å². The molecule has 1 aromatic carbocycles. The molecule has 1 saturated heterocycles. The van der Waals surface area contributed by atoms with Crippen LogP contribution in [-0.4, -0.2) is 29.7 Å². The van der Waals surface area contributed by atoms with Crippen molar-refractivity contribution in [1.82, 2.24) is 0 Å². The molecule has 2 rings (SSSR count). The van der Waals surface area contributed by atoms with E-state index in [1.54, 1.807) is 0 Å². The first kappa shape index (κ1) is 12.9. The second-order valence-corrected chi connectivity index (χ2v) is 4.82. The van der Waals surface area contributed by atoms with Crippen LogP contribution in [0.1, 0.15) is 18.4 Å². The molecule has 1 aliphatic rings. The number of rotatable bonds is 3. The van der Waals surface area contributed by atoms with E-state index in [-0.39, 0.29) is 0 Å². The number of hydrogen-bond donors (Lipinski definition) is 3. The van der Waals surface area contributed by atoms with Gasteiger partial charge in [0.05, 0.1) is 0 Å². The smallest absolute Gasteiger partial charge is 0.323 e. The largest absolute Gasteiger partial charge is 0.480 e.